The summed E-state index contributed by atoms with van der Waals surface area (Å²) in [7, 11) is -3.14. The zero-order chi connectivity index (χ0) is 27.3. The molecule has 0 radical (unpaired) electrons. The number of nitrogens with one attached hydrogen (secondary N) is 2. The summed E-state index contributed by atoms with van der Waals surface area (Å²) in [6.45, 7) is 7.78. The van der Waals surface area contributed by atoms with E-state index in [-0.39, 0.29) is 30.5 Å². The first-order valence-electron chi connectivity index (χ1n) is 12.8. The summed E-state index contributed by atoms with van der Waals surface area (Å²) in [6, 6.07) is 2.97. The lowest BCUT2D eigenvalue weighted by molar-refractivity contribution is 0.0785. The number of ether oxygens (including phenoxy) is 1. The largest absolute Gasteiger partial charge is 0.361 e. The highest BCUT2D eigenvalue weighted by atomic mass is 32.2. The van der Waals surface area contributed by atoms with Crippen molar-refractivity contribution >= 4 is 24.0 Å². The average molecular weight is 548 g/mol. The number of imidazole rings is 1. The summed E-state index contributed by atoms with van der Waals surface area (Å²) >= 11 is 0. The van der Waals surface area contributed by atoms with Crippen molar-refractivity contribution in [3.05, 3.63) is 53.2 Å². The number of carbonyl (C=O) groups is 1. The molecule has 0 saturated carbocycles. The molecule has 9 nitrogen and oxygen atoms in total. The first kappa shape index (κ1) is 30.7. The molecule has 1 aliphatic carbocycles. The van der Waals surface area contributed by atoms with Crippen LogP contribution in [0.5, 0.6) is 0 Å². The minimum atomic E-state index is -3.32. The minimum absolute atomic E-state index is 0.00282. The Bertz CT molecular complexity index is 1140. The van der Waals surface area contributed by atoms with Gasteiger partial charge in [-0.15, -0.1) is 0 Å². The van der Waals surface area contributed by atoms with Crippen molar-refractivity contribution in [1.82, 2.24) is 19.6 Å². The van der Waals surface area contributed by atoms with Gasteiger partial charge in [0.2, 0.25) is 15.8 Å². The van der Waals surface area contributed by atoms with Gasteiger partial charge in [-0.2, -0.15) is 5.26 Å². The molecule has 1 aromatic heterocycles. The van der Waals surface area contributed by atoms with E-state index in [0.29, 0.717) is 13.0 Å². The van der Waals surface area contributed by atoms with E-state index in [2.05, 4.69) is 46.8 Å². The maximum Gasteiger partial charge on any atom is 0.287 e. The van der Waals surface area contributed by atoms with E-state index in [1.54, 1.807) is 10.6 Å². The summed E-state index contributed by atoms with van der Waals surface area (Å²) in [4.78, 5) is 16.9. The van der Waals surface area contributed by atoms with Crippen LogP contribution in [0.25, 0.3) is 0 Å². The molecule has 0 saturated heterocycles. The van der Waals surface area contributed by atoms with Gasteiger partial charge in [0.05, 0.1) is 5.75 Å². The summed E-state index contributed by atoms with van der Waals surface area (Å²) in [6.07, 6.45) is 15.3. The molecule has 0 aliphatic heterocycles. The fraction of sp³-hybridized carbons (Fsp3) is 0.577. The van der Waals surface area contributed by atoms with Crippen molar-refractivity contribution in [2.24, 2.45) is 0 Å². The van der Waals surface area contributed by atoms with Crippen LogP contribution in [0.15, 0.2) is 41.6 Å². The Morgan fingerprint density at radius 2 is 2.11 bits per heavy atom. The highest BCUT2D eigenvalue weighted by molar-refractivity contribution is 7.89. The van der Waals surface area contributed by atoms with Gasteiger partial charge in [-0.25, -0.2) is 18.1 Å². The van der Waals surface area contributed by atoms with E-state index in [4.69, 9.17) is 4.74 Å². The van der Waals surface area contributed by atoms with Crippen LogP contribution < -0.4 is 10.0 Å². The van der Waals surface area contributed by atoms with Gasteiger partial charge in [-0.05, 0) is 51.6 Å². The molecule has 204 valence electrons. The number of nitriles is 1. The lowest BCUT2D eigenvalue weighted by atomic mass is 9.96. The monoisotopic (exact) mass is 547 g/mol. The molecule has 1 heterocycles. The van der Waals surface area contributed by atoms with Crippen LogP contribution in [0.4, 0.5) is 0 Å². The van der Waals surface area contributed by atoms with Crippen LogP contribution in [0.1, 0.15) is 54.8 Å². The molecule has 0 fully saturated rings. The Morgan fingerprint density at radius 3 is 2.76 bits per heavy atom. The van der Waals surface area contributed by atoms with Gasteiger partial charge >= 0.3 is 0 Å². The quantitative estimate of drug-likeness (QED) is 0.147. The Hall–Kier alpha value is -2.52. The van der Waals surface area contributed by atoms with Gasteiger partial charge in [-0.3, -0.25) is 4.79 Å². The molecular weight excluding hydrogens is 506 g/mol. The van der Waals surface area contributed by atoms with E-state index in [1.807, 2.05) is 12.1 Å². The smallest absolute Gasteiger partial charge is 0.287 e. The summed E-state index contributed by atoms with van der Waals surface area (Å²) < 4.78 is 33.5. The fourth-order valence-electron chi connectivity index (χ4n) is 3.69. The number of carbonyl (C=O) groups excluding carboxylic acids is 1. The number of sulfonamides is 1. The maximum absolute atomic E-state index is 12.8. The van der Waals surface area contributed by atoms with E-state index in [1.165, 1.54) is 31.7 Å². The summed E-state index contributed by atoms with van der Waals surface area (Å²) in [5.74, 6) is -0.286. The van der Waals surface area contributed by atoms with Crippen LogP contribution in [-0.2, 0) is 21.5 Å². The second kappa shape index (κ2) is 15.0. The zero-order valence-electron chi connectivity index (χ0n) is 22.5. The average Bonchev–Trinajstić information content (AvgIpc) is 3.29. The second-order valence-electron chi connectivity index (χ2n) is 10.4. The SMILES string of the molecule is CNS(=O)(=O)CCC(/C=C\CNC(=O)c1nc(C#N)cn1COCC[Si](C)(C)C)=C/CC1=CCCCC1. The lowest BCUT2D eigenvalue weighted by Crippen LogP contribution is -2.27. The molecule has 37 heavy (non-hydrogen) atoms. The number of rotatable bonds is 15. The number of hydrogen-bond donors (Lipinski definition) is 2. The summed E-state index contributed by atoms with van der Waals surface area (Å²) in [5, 5.41) is 12.0. The van der Waals surface area contributed by atoms with Gasteiger partial charge in [-0.1, -0.05) is 55.1 Å². The number of hydrogen-bond acceptors (Lipinski definition) is 6. The van der Waals surface area contributed by atoms with Crippen molar-refractivity contribution in [3.63, 3.8) is 0 Å². The third-order valence-corrected chi connectivity index (χ3v) is 9.08. The molecule has 0 aromatic carbocycles. The van der Waals surface area contributed by atoms with E-state index in [9.17, 15) is 18.5 Å². The minimum Gasteiger partial charge on any atom is -0.361 e. The van der Waals surface area contributed by atoms with Crippen molar-refractivity contribution in [3.8, 4) is 6.07 Å². The number of aromatic nitrogens is 2. The van der Waals surface area contributed by atoms with Crippen LogP contribution in [-0.4, -0.2) is 57.9 Å². The van der Waals surface area contributed by atoms with Crippen LogP contribution in [0.2, 0.25) is 25.7 Å². The van der Waals surface area contributed by atoms with Crippen LogP contribution >= 0.6 is 0 Å². The Morgan fingerprint density at radius 1 is 1.32 bits per heavy atom. The van der Waals surface area contributed by atoms with E-state index in [0.717, 1.165) is 30.9 Å². The predicted molar refractivity (Wildman–Crippen MR) is 149 cm³/mol. The number of nitrogens with zero attached hydrogens (tertiary/aromatic N) is 3. The van der Waals surface area contributed by atoms with Gasteiger partial charge in [0, 0.05) is 27.4 Å². The van der Waals surface area contributed by atoms with Crippen molar-refractivity contribution in [2.45, 2.75) is 70.9 Å². The predicted octanol–water partition coefficient (Wildman–Crippen LogP) is 4.11. The van der Waals surface area contributed by atoms with Gasteiger partial charge < -0.3 is 14.6 Å². The highest BCUT2D eigenvalue weighted by Gasteiger charge is 2.17. The van der Waals surface area contributed by atoms with Crippen LogP contribution in [0.3, 0.4) is 0 Å². The number of allylic oxidation sites excluding steroid dienone is 5. The van der Waals surface area contributed by atoms with Gasteiger partial charge in [0.1, 0.15) is 12.8 Å². The first-order valence-corrected chi connectivity index (χ1v) is 18.2. The first-order chi connectivity index (χ1) is 17.5. The normalized spacial score (nSPS) is 15.0. The van der Waals surface area contributed by atoms with Crippen molar-refractivity contribution < 1.29 is 17.9 Å². The molecule has 11 heteroatoms. The van der Waals surface area contributed by atoms with E-state index < -0.39 is 24.0 Å². The van der Waals surface area contributed by atoms with Crippen LogP contribution in [0, 0.1) is 11.3 Å². The van der Waals surface area contributed by atoms with E-state index >= 15 is 0 Å². The van der Waals surface area contributed by atoms with Crippen molar-refractivity contribution in [1.29, 1.82) is 5.26 Å². The number of amides is 1. The van der Waals surface area contributed by atoms with Gasteiger partial charge in [0.25, 0.3) is 5.91 Å². The van der Waals surface area contributed by atoms with Gasteiger partial charge in [0.15, 0.2) is 5.69 Å². The molecule has 0 atom stereocenters. The fourth-order valence-corrected chi connectivity index (χ4v) is 5.16. The lowest BCUT2D eigenvalue weighted by Gasteiger charge is -2.15. The molecule has 2 N–H and O–H groups in total. The Kier molecular flexibility index (Phi) is 12.5. The summed E-state index contributed by atoms with van der Waals surface area (Å²) in [5.41, 5.74) is 2.44. The molecule has 1 aromatic rings. The molecule has 2 rings (SSSR count). The second-order valence-corrected chi connectivity index (χ2v) is 18.0. The molecule has 0 bridgehead atoms. The molecular formula is C26H41N5O4SSi. The standard InChI is InChI=1S/C26H41N5O4SSi/c1-28-36(33,34)17-14-23(13-12-22-9-6-5-7-10-22)11-8-15-29-26(32)25-30-24(19-27)20-31(25)21-35-16-18-37(2,3)4/h8-9,11,13,20,28H,5-7,10,12,14-18,21H2,1-4H3,(H,29,32)/b11-8-,23-13+. The molecule has 1 aliphatic rings. The van der Waals surface area contributed by atoms with Crippen molar-refractivity contribution in [2.75, 3.05) is 26.0 Å². The topological polar surface area (TPSA) is 126 Å². The third-order valence-electron chi connectivity index (χ3n) is 6.02. The Balaban J connectivity index is 1.99. The third kappa shape index (κ3) is 12.0. The highest BCUT2D eigenvalue weighted by Crippen LogP contribution is 2.21. The Labute approximate surface area is 222 Å². The molecule has 0 unspecified atom stereocenters. The molecule has 1 amide bonds. The maximum atomic E-state index is 12.8. The zero-order valence-corrected chi connectivity index (χ0v) is 24.4. The molecule has 0 spiro atoms.